The first-order valence-electron chi connectivity index (χ1n) is 4.33. The Kier molecular flexibility index (Phi) is 3.71. The third kappa shape index (κ3) is 3.27. The van der Waals surface area contributed by atoms with Crippen molar-refractivity contribution in [1.29, 1.82) is 0 Å². The number of alkyl halides is 2. The zero-order chi connectivity index (χ0) is 11.4. The van der Waals surface area contributed by atoms with Crippen molar-refractivity contribution in [2.75, 3.05) is 6.54 Å². The number of amides is 1. The summed E-state index contributed by atoms with van der Waals surface area (Å²) in [6, 6.07) is 3.95. The monoisotopic (exact) mass is 217 g/mol. The Hall–Kier alpha value is -1.52. The lowest BCUT2D eigenvalue weighted by Gasteiger charge is -2.05. The fourth-order valence-electron chi connectivity index (χ4n) is 1.08. The third-order valence-corrected chi connectivity index (χ3v) is 1.78. The number of aryl methyl sites for hydroxylation is 1. The number of hydrogen-bond acceptors (Lipinski definition) is 1. The molecule has 1 amide bonds. The SMILES string of the molecule is Cc1ccc(F)c(C(=O)NCC(F)F)c1. The van der Waals surface area contributed by atoms with Crippen molar-refractivity contribution in [3.63, 3.8) is 0 Å². The Morgan fingerprint density at radius 3 is 2.73 bits per heavy atom. The summed E-state index contributed by atoms with van der Waals surface area (Å²) >= 11 is 0. The van der Waals surface area contributed by atoms with Gasteiger partial charge in [0.15, 0.2) is 0 Å². The van der Waals surface area contributed by atoms with Crippen LogP contribution in [-0.4, -0.2) is 18.9 Å². The predicted molar refractivity (Wildman–Crippen MR) is 49.5 cm³/mol. The highest BCUT2D eigenvalue weighted by Crippen LogP contribution is 2.09. The first kappa shape index (κ1) is 11.6. The third-order valence-electron chi connectivity index (χ3n) is 1.78. The maximum absolute atomic E-state index is 13.1. The summed E-state index contributed by atoms with van der Waals surface area (Å²) in [6.07, 6.45) is -2.64. The molecule has 1 N–H and O–H groups in total. The minimum Gasteiger partial charge on any atom is -0.346 e. The van der Waals surface area contributed by atoms with Crippen molar-refractivity contribution in [2.24, 2.45) is 0 Å². The molecule has 0 bridgehead atoms. The highest BCUT2D eigenvalue weighted by Gasteiger charge is 2.13. The van der Waals surface area contributed by atoms with Crippen molar-refractivity contribution in [3.8, 4) is 0 Å². The second-order valence-corrected chi connectivity index (χ2v) is 3.08. The summed E-state index contributed by atoms with van der Waals surface area (Å²) < 4.78 is 36.7. The Morgan fingerprint density at radius 2 is 2.13 bits per heavy atom. The lowest BCUT2D eigenvalue weighted by Crippen LogP contribution is -2.29. The summed E-state index contributed by atoms with van der Waals surface area (Å²) in [6.45, 7) is 0.912. The van der Waals surface area contributed by atoms with Gasteiger partial charge in [-0.05, 0) is 19.1 Å². The van der Waals surface area contributed by atoms with Gasteiger partial charge in [0.05, 0.1) is 12.1 Å². The second kappa shape index (κ2) is 4.82. The summed E-state index contributed by atoms with van der Waals surface area (Å²) in [5.74, 6) is -1.54. The molecule has 0 aromatic heterocycles. The molecule has 0 unspecified atom stereocenters. The molecule has 0 radical (unpaired) electrons. The molecule has 0 fully saturated rings. The van der Waals surface area contributed by atoms with E-state index in [-0.39, 0.29) is 5.56 Å². The summed E-state index contributed by atoms with van der Waals surface area (Å²) in [5, 5.41) is 1.94. The fraction of sp³-hybridized carbons (Fsp3) is 0.300. The van der Waals surface area contributed by atoms with Crippen LogP contribution in [0.15, 0.2) is 18.2 Å². The normalized spacial score (nSPS) is 10.5. The molecule has 0 aliphatic heterocycles. The van der Waals surface area contributed by atoms with Gasteiger partial charge >= 0.3 is 0 Å². The van der Waals surface area contributed by atoms with E-state index < -0.39 is 24.7 Å². The Labute approximate surface area is 85.1 Å². The molecule has 1 rings (SSSR count). The Morgan fingerprint density at radius 1 is 1.47 bits per heavy atom. The maximum Gasteiger partial charge on any atom is 0.255 e. The van der Waals surface area contributed by atoms with Crippen LogP contribution in [0, 0.1) is 12.7 Å². The molecule has 2 nitrogen and oxygen atoms in total. The van der Waals surface area contributed by atoms with E-state index in [1.54, 1.807) is 6.92 Å². The topological polar surface area (TPSA) is 29.1 Å². The van der Waals surface area contributed by atoms with Crippen LogP contribution in [0.3, 0.4) is 0 Å². The highest BCUT2D eigenvalue weighted by atomic mass is 19.3. The van der Waals surface area contributed by atoms with Gasteiger partial charge < -0.3 is 5.32 Å². The van der Waals surface area contributed by atoms with Gasteiger partial charge in [0, 0.05) is 0 Å². The highest BCUT2D eigenvalue weighted by molar-refractivity contribution is 5.94. The number of carbonyl (C=O) groups is 1. The van der Waals surface area contributed by atoms with E-state index >= 15 is 0 Å². The van der Waals surface area contributed by atoms with Crippen LogP contribution in [0.4, 0.5) is 13.2 Å². The molecule has 82 valence electrons. The lowest BCUT2D eigenvalue weighted by atomic mass is 10.1. The quantitative estimate of drug-likeness (QED) is 0.825. The van der Waals surface area contributed by atoms with Crippen molar-refractivity contribution in [1.82, 2.24) is 5.32 Å². The molecule has 0 spiro atoms. The second-order valence-electron chi connectivity index (χ2n) is 3.08. The average molecular weight is 217 g/mol. The zero-order valence-electron chi connectivity index (χ0n) is 8.06. The summed E-state index contributed by atoms with van der Waals surface area (Å²) in [7, 11) is 0. The van der Waals surface area contributed by atoms with Gasteiger partial charge in [0.1, 0.15) is 5.82 Å². The Bertz CT molecular complexity index is 366. The number of halogens is 3. The molecule has 15 heavy (non-hydrogen) atoms. The molecule has 5 heteroatoms. The van der Waals surface area contributed by atoms with Gasteiger partial charge in [-0.25, -0.2) is 13.2 Å². The molecule has 0 saturated heterocycles. The van der Waals surface area contributed by atoms with Crippen LogP contribution in [0.2, 0.25) is 0 Å². The molecule has 1 aromatic carbocycles. The van der Waals surface area contributed by atoms with Crippen molar-refractivity contribution in [2.45, 2.75) is 13.3 Å². The van der Waals surface area contributed by atoms with Crippen LogP contribution in [0.5, 0.6) is 0 Å². The van der Waals surface area contributed by atoms with Gasteiger partial charge in [0.2, 0.25) is 0 Å². The van der Waals surface area contributed by atoms with Crippen LogP contribution in [-0.2, 0) is 0 Å². The smallest absolute Gasteiger partial charge is 0.255 e. The summed E-state index contributed by atoms with van der Waals surface area (Å²) in [4.78, 5) is 11.2. The van der Waals surface area contributed by atoms with Gasteiger partial charge in [-0.1, -0.05) is 11.6 Å². The number of hydrogen-bond donors (Lipinski definition) is 1. The molecular weight excluding hydrogens is 207 g/mol. The minimum absolute atomic E-state index is 0.212. The molecular formula is C10H10F3NO. The molecule has 1 aromatic rings. The summed E-state index contributed by atoms with van der Waals surface area (Å²) in [5.41, 5.74) is 0.481. The van der Waals surface area contributed by atoms with Crippen LogP contribution in [0.1, 0.15) is 15.9 Å². The number of rotatable bonds is 3. The maximum atomic E-state index is 13.1. The standard InChI is InChI=1S/C10H10F3NO/c1-6-2-3-8(11)7(4-6)10(15)14-5-9(12)13/h2-4,9H,5H2,1H3,(H,14,15). The van der Waals surface area contributed by atoms with E-state index in [0.29, 0.717) is 5.56 Å². The lowest BCUT2D eigenvalue weighted by molar-refractivity contribution is 0.0887. The van der Waals surface area contributed by atoms with Crippen molar-refractivity contribution >= 4 is 5.91 Å². The predicted octanol–water partition coefficient (Wildman–Crippen LogP) is 2.13. The van der Waals surface area contributed by atoms with Gasteiger partial charge in [-0.15, -0.1) is 0 Å². The van der Waals surface area contributed by atoms with E-state index in [1.165, 1.54) is 12.1 Å². The number of carbonyl (C=O) groups excluding carboxylic acids is 1. The zero-order valence-corrected chi connectivity index (χ0v) is 8.06. The van der Waals surface area contributed by atoms with E-state index in [0.717, 1.165) is 6.07 Å². The van der Waals surface area contributed by atoms with Gasteiger partial charge in [-0.3, -0.25) is 4.79 Å². The van der Waals surface area contributed by atoms with Gasteiger partial charge in [-0.2, -0.15) is 0 Å². The Balaban J connectivity index is 2.77. The van der Waals surface area contributed by atoms with E-state index in [4.69, 9.17) is 0 Å². The van der Waals surface area contributed by atoms with Gasteiger partial charge in [0.25, 0.3) is 12.3 Å². The van der Waals surface area contributed by atoms with E-state index in [1.807, 2.05) is 5.32 Å². The molecule has 0 aliphatic rings. The number of nitrogens with one attached hydrogen (secondary N) is 1. The fourth-order valence-corrected chi connectivity index (χ4v) is 1.08. The van der Waals surface area contributed by atoms with Crippen LogP contribution in [0.25, 0.3) is 0 Å². The number of benzene rings is 1. The molecule has 0 aliphatic carbocycles. The van der Waals surface area contributed by atoms with E-state index in [9.17, 15) is 18.0 Å². The first-order valence-corrected chi connectivity index (χ1v) is 4.33. The van der Waals surface area contributed by atoms with Crippen LogP contribution >= 0.6 is 0 Å². The molecule has 0 heterocycles. The van der Waals surface area contributed by atoms with Crippen molar-refractivity contribution in [3.05, 3.63) is 35.1 Å². The molecule has 0 saturated carbocycles. The average Bonchev–Trinajstić information content (AvgIpc) is 2.18. The largest absolute Gasteiger partial charge is 0.346 e. The minimum atomic E-state index is -2.64. The van der Waals surface area contributed by atoms with Crippen LogP contribution < -0.4 is 5.32 Å². The first-order chi connectivity index (χ1) is 7.00. The van der Waals surface area contributed by atoms with Crippen molar-refractivity contribution < 1.29 is 18.0 Å². The van der Waals surface area contributed by atoms with E-state index in [2.05, 4.69) is 0 Å². The molecule has 0 atom stereocenters.